The van der Waals surface area contributed by atoms with Crippen molar-refractivity contribution in [3.63, 3.8) is 0 Å². The molecule has 0 saturated carbocycles. The summed E-state index contributed by atoms with van der Waals surface area (Å²) < 4.78 is 0. The van der Waals surface area contributed by atoms with Gasteiger partial charge in [0.15, 0.2) is 5.82 Å². The SMILES string of the molecule is c1ccc(-c2ccc(-c3nc(-c4ccccc4)cc(-c4ccc(-c5cccc6c5nc(-c5ccccc5)c5cccc(-c7ccccc7)c56)cc4)n3)cc2)cc1. The minimum atomic E-state index is 0.692. The van der Waals surface area contributed by atoms with Gasteiger partial charge in [-0.15, -0.1) is 0 Å². The highest BCUT2D eigenvalue weighted by Crippen LogP contribution is 2.41. The summed E-state index contributed by atoms with van der Waals surface area (Å²) in [7, 11) is 0. The first-order chi connectivity index (χ1) is 27.8. The van der Waals surface area contributed by atoms with E-state index >= 15 is 0 Å². The fourth-order valence-electron chi connectivity index (χ4n) is 7.73. The van der Waals surface area contributed by atoms with Gasteiger partial charge in [-0.05, 0) is 33.9 Å². The van der Waals surface area contributed by atoms with Gasteiger partial charge in [-0.1, -0.05) is 206 Å². The van der Waals surface area contributed by atoms with E-state index in [1.807, 2.05) is 24.3 Å². The third kappa shape index (κ3) is 6.21. The lowest BCUT2D eigenvalue weighted by Gasteiger charge is -2.16. The summed E-state index contributed by atoms with van der Waals surface area (Å²) in [6.07, 6.45) is 0. The highest BCUT2D eigenvalue weighted by molar-refractivity contribution is 6.19. The molecule has 8 aromatic carbocycles. The third-order valence-electron chi connectivity index (χ3n) is 10.5. The van der Waals surface area contributed by atoms with E-state index in [1.54, 1.807) is 0 Å². The fraction of sp³-hybridized carbons (Fsp3) is 0. The molecular weight excluding hydrogens is 679 g/mol. The van der Waals surface area contributed by atoms with Crippen LogP contribution in [0.25, 0.3) is 100 Å². The Bertz CT molecular complexity index is 2960. The molecule has 0 saturated heterocycles. The number of nitrogens with zero attached hydrogens (tertiary/aromatic N) is 3. The van der Waals surface area contributed by atoms with Crippen LogP contribution in [0.1, 0.15) is 0 Å². The molecule has 262 valence electrons. The minimum Gasteiger partial charge on any atom is -0.246 e. The van der Waals surface area contributed by atoms with Crippen LogP contribution in [0, 0.1) is 0 Å². The second-order valence-electron chi connectivity index (χ2n) is 14.0. The first-order valence-corrected chi connectivity index (χ1v) is 18.9. The van der Waals surface area contributed by atoms with Crippen LogP contribution in [0.2, 0.25) is 0 Å². The Hall–Kier alpha value is -7.49. The van der Waals surface area contributed by atoms with Gasteiger partial charge in [0.2, 0.25) is 0 Å². The van der Waals surface area contributed by atoms with E-state index in [4.69, 9.17) is 15.0 Å². The molecule has 10 aromatic rings. The Kier molecular flexibility index (Phi) is 8.51. The van der Waals surface area contributed by atoms with Crippen LogP contribution >= 0.6 is 0 Å². The number of hydrogen-bond donors (Lipinski definition) is 0. The second-order valence-corrected chi connectivity index (χ2v) is 14.0. The molecule has 0 unspecified atom stereocenters. The molecule has 56 heavy (non-hydrogen) atoms. The van der Waals surface area contributed by atoms with Crippen molar-refractivity contribution in [1.29, 1.82) is 0 Å². The number of hydrogen-bond acceptors (Lipinski definition) is 3. The standard InChI is InChI=1S/C53H35N3/c1-5-15-36(16-6-1)37-27-33-43(34-28-37)53-54-48(40-19-9-3-10-20-40)35-49(55-53)41-31-29-39(30-32-41)45-24-14-26-47-50-44(38-17-7-2-8-18-38)23-13-25-46(50)51(56-52(45)47)42-21-11-4-12-22-42/h1-35H. The Morgan fingerprint density at radius 1 is 0.268 bits per heavy atom. The number of benzene rings is 8. The van der Waals surface area contributed by atoms with Crippen molar-refractivity contribution in [2.24, 2.45) is 0 Å². The molecule has 10 rings (SSSR count). The third-order valence-corrected chi connectivity index (χ3v) is 10.5. The maximum Gasteiger partial charge on any atom is 0.160 e. The molecule has 0 atom stereocenters. The number of aromatic nitrogens is 3. The number of pyridine rings is 1. The van der Waals surface area contributed by atoms with E-state index in [0.29, 0.717) is 5.82 Å². The zero-order chi connectivity index (χ0) is 37.3. The fourth-order valence-corrected chi connectivity index (χ4v) is 7.73. The summed E-state index contributed by atoms with van der Waals surface area (Å²) >= 11 is 0. The molecule has 2 aromatic heterocycles. The molecule has 0 radical (unpaired) electrons. The van der Waals surface area contributed by atoms with Crippen molar-refractivity contribution >= 4 is 21.7 Å². The predicted octanol–water partition coefficient (Wildman–Crippen LogP) is 13.8. The summed E-state index contributed by atoms with van der Waals surface area (Å²) in [4.78, 5) is 15.7. The molecule has 2 heterocycles. The van der Waals surface area contributed by atoms with E-state index in [9.17, 15) is 0 Å². The highest BCUT2D eigenvalue weighted by atomic mass is 14.9. The average molecular weight is 714 g/mol. The lowest BCUT2D eigenvalue weighted by atomic mass is 9.91. The second kappa shape index (κ2) is 14.4. The largest absolute Gasteiger partial charge is 0.246 e. The Morgan fingerprint density at radius 3 is 1.32 bits per heavy atom. The quantitative estimate of drug-likeness (QED) is 0.154. The van der Waals surface area contributed by atoms with Crippen LogP contribution < -0.4 is 0 Å². The van der Waals surface area contributed by atoms with Gasteiger partial charge in [-0.2, -0.15) is 0 Å². The Morgan fingerprint density at radius 2 is 0.696 bits per heavy atom. The zero-order valence-electron chi connectivity index (χ0n) is 30.5. The van der Waals surface area contributed by atoms with Crippen molar-refractivity contribution in [3.8, 4) is 78.5 Å². The Labute approximate surface area is 326 Å². The predicted molar refractivity (Wildman–Crippen MR) is 233 cm³/mol. The minimum absolute atomic E-state index is 0.692. The topological polar surface area (TPSA) is 38.7 Å². The van der Waals surface area contributed by atoms with Gasteiger partial charge in [-0.3, -0.25) is 0 Å². The molecule has 3 heteroatoms. The molecule has 0 spiro atoms. The van der Waals surface area contributed by atoms with E-state index in [2.05, 4.69) is 188 Å². The highest BCUT2D eigenvalue weighted by Gasteiger charge is 2.18. The van der Waals surface area contributed by atoms with E-state index in [0.717, 1.165) is 72.3 Å². The van der Waals surface area contributed by atoms with Crippen LogP contribution in [0.4, 0.5) is 0 Å². The average Bonchev–Trinajstić information content (AvgIpc) is 3.29. The molecule has 0 fully saturated rings. The normalized spacial score (nSPS) is 11.2. The van der Waals surface area contributed by atoms with Gasteiger partial charge in [-0.25, -0.2) is 15.0 Å². The lowest BCUT2D eigenvalue weighted by Crippen LogP contribution is -1.96. The number of para-hydroxylation sites is 1. The van der Waals surface area contributed by atoms with E-state index < -0.39 is 0 Å². The molecule has 0 aliphatic carbocycles. The molecule has 0 N–H and O–H groups in total. The molecular formula is C53H35N3. The summed E-state index contributed by atoms with van der Waals surface area (Å²) in [5.41, 5.74) is 14.7. The summed E-state index contributed by atoms with van der Waals surface area (Å²) in [6, 6.07) is 74.4. The molecule has 0 aliphatic heterocycles. The number of fused-ring (bicyclic) bond motifs is 3. The van der Waals surface area contributed by atoms with Crippen LogP contribution in [0.15, 0.2) is 212 Å². The first-order valence-electron chi connectivity index (χ1n) is 18.9. The summed E-state index contributed by atoms with van der Waals surface area (Å²) in [5.74, 6) is 0.692. The van der Waals surface area contributed by atoms with Crippen molar-refractivity contribution in [1.82, 2.24) is 15.0 Å². The van der Waals surface area contributed by atoms with Crippen LogP contribution in [0.5, 0.6) is 0 Å². The van der Waals surface area contributed by atoms with Gasteiger partial charge < -0.3 is 0 Å². The molecule has 0 amide bonds. The summed E-state index contributed by atoms with van der Waals surface area (Å²) in [5, 5.41) is 3.48. The molecule has 0 aliphatic rings. The monoisotopic (exact) mass is 713 g/mol. The Balaban J connectivity index is 1.10. The van der Waals surface area contributed by atoms with Crippen molar-refractivity contribution < 1.29 is 0 Å². The van der Waals surface area contributed by atoms with Gasteiger partial charge >= 0.3 is 0 Å². The van der Waals surface area contributed by atoms with Gasteiger partial charge in [0.25, 0.3) is 0 Å². The maximum absolute atomic E-state index is 5.46. The van der Waals surface area contributed by atoms with Crippen molar-refractivity contribution in [3.05, 3.63) is 212 Å². The summed E-state index contributed by atoms with van der Waals surface area (Å²) in [6.45, 7) is 0. The zero-order valence-corrected chi connectivity index (χ0v) is 30.5. The lowest BCUT2D eigenvalue weighted by molar-refractivity contribution is 1.18. The van der Waals surface area contributed by atoms with Crippen LogP contribution in [-0.4, -0.2) is 15.0 Å². The van der Waals surface area contributed by atoms with Crippen molar-refractivity contribution in [2.75, 3.05) is 0 Å². The molecule has 3 nitrogen and oxygen atoms in total. The van der Waals surface area contributed by atoms with Crippen LogP contribution in [0.3, 0.4) is 0 Å². The van der Waals surface area contributed by atoms with Crippen molar-refractivity contribution in [2.45, 2.75) is 0 Å². The van der Waals surface area contributed by atoms with Gasteiger partial charge in [0.05, 0.1) is 22.6 Å². The van der Waals surface area contributed by atoms with Crippen LogP contribution in [-0.2, 0) is 0 Å². The van der Waals surface area contributed by atoms with E-state index in [1.165, 1.54) is 22.1 Å². The first kappa shape index (κ1) is 33.1. The maximum atomic E-state index is 5.46. The van der Waals surface area contributed by atoms with Gasteiger partial charge in [0.1, 0.15) is 0 Å². The van der Waals surface area contributed by atoms with Gasteiger partial charge in [0, 0.05) is 44.0 Å². The molecule has 0 bridgehead atoms. The van der Waals surface area contributed by atoms with E-state index in [-0.39, 0.29) is 0 Å². The smallest absolute Gasteiger partial charge is 0.160 e. The number of rotatable bonds is 7.